The molecule has 0 radical (unpaired) electrons. The van der Waals surface area contributed by atoms with E-state index < -0.39 is 5.41 Å². The van der Waals surface area contributed by atoms with E-state index in [-0.39, 0.29) is 18.2 Å². The Balaban J connectivity index is 2.58. The van der Waals surface area contributed by atoms with E-state index in [0.717, 1.165) is 6.42 Å². The Morgan fingerprint density at radius 1 is 1.11 bits per heavy atom. The van der Waals surface area contributed by atoms with Gasteiger partial charge in [-0.25, -0.2) is 0 Å². The third-order valence-corrected chi connectivity index (χ3v) is 2.87. The molecule has 98 valence electrons. The number of carbonyl (C=O) groups excluding carboxylic acids is 2. The number of carbonyl (C=O) groups is 2. The van der Waals surface area contributed by atoms with Crippen LogP contribution in [0.15, 0.2) is 24.3 Å². The van der Waals surface area contributed by atoms with Gasteiger partial charge >= 0.3 is 0 Å². The monoisotopic (exact) mass is 247 g/mol. The molecule has 0 heterocycles. The number of aryl methyl sites for hydroxylation is 1. The lowest BCUT2D eigenvalue weighted by molar-refractivity contribution is -0.125. The van der Waals surface area contributed by atoms with Crippen LogP contribution in [0.5, 0.6) is 0 Å². The summed E-state index contributed by atoms with van der Waals surface area (Å²) in [5, 5.41) is 2.65. The van der Waals surface area contributed by atoms with Crippen LogP contribution in [0.1, 0.15) is 43.6 Å². The predicted octanol–water partition coefficient (Wildman–Crippen LogP) is 2.59. The average Bonchev–Trinajstić information content (AvgIpc) is 2.34. The van der Waals surface area contributed by atoms with Crippen LogP contribution >= 0.6 is 0 Å². The number of benzene rings is 1. The molecule has 0 bridgehead atoms. The zero-order valence-electron chi connectivity index (χ0n) is 11.5. The zero-order chi connectivity index (χ0) is 13.8. The van der Waals surface area contributed by atoms with Crippen molar-refractivity contribution in [2.45, 2.75) is 34.1 Å². The number of amides is 1. The SMILES string of the molecule is CCc1ccc(C(=O)NCC(=O)C(C)(C)C)cc1. The molecule has 1 N–H and O–H groups in total. The van der Waals surface area contributed by atoms with E-state index in [9.17, 15) is 9.59 Å². The van der Waals surface area contributed by atoms with Crippen LogP contribution in [0, 0.1) is 5.41 Å². The molecule has 1 rings (SSSR count). The highest BCUT2D eigenvalue weighted by Gasteiger charge is 2.21. The molecule has 0 unspecified atom stereocenters. The van der Waals surface area contributed by atoms with Crippen LogP contribution < -0.4 is 5.32 Å². The molecular formula is C15H21NO2. The van der Waals surface area contributed by atoms with Crippen molar-refractivity contribution in [2.75, 3.05) is 6.54 Å². The second-order valence-corrected chi connectivity index (χ2v) is 5.41. The van der Waals surface area contributed by atoms with Crippen molar-refractivity contribution in [1.82, 2.24) is 5.32 Å². The van der Waals surface area contributed by atoms with Gasteiger partial charge in [0.05, 0.1) is 6.54 Å². The van der Waals surface area contributed by atoms with Gasteiger partial charge in [-0.1, -0.05) is 39.8 Å². The van der Waals surface area contributed by atoms with Crippen molar-refractivity contribution in [3.8, 4) is 0 Å². The largest absolute Gasteiger partial charge is 0.345 e. The fourth-order valence-corrected chi connectivity index (χ4v) is 1.42. The van der Waals surface area contributed by atoms with Gasteiger partial charge in [0.25, 0.3) is 5.91 Å². The first-order chi connectivity index (χ1) is 8.34. The lowest BCUT2D eigenvalue weighted by Gasteiger charge is -2.16. The van der Waals surface area contributed by atoms with Gasteiger partial charge in [-0.15, -0.1) is 0 Å². The van der Waals surface area contributed by atoms with Crippen LogP contribution in [0.25, 0.3) is 0 Å². The van der Waals surface area contributed by atoms with Crippen molar-refractivity contribution in [3.05, 3.63) is 35.4 Å². The van der Waals surface area contributed by atoms with Gasteiger partial charge in [0, 0.05) is 11.0 Å². The molecule has 3 nitrogen and oxygen atoms in total. The standard InChI is InChI=1S/C15H21NO2/c1-5-11-6-8-12(9-7-11)14(18)16-10-13(17)15(2,3)4/h6-9H,5,10H2,1-4H3,(H,16,18). The van der Waals surface area contributed by atoms with Crippen LogP contribution in [0.4, 0.5) is 0 Å². The van der Waals surface area contributed by atoms with E-state index in [1.54, 1.807) is 12.1 Å². The Labute approximate surface area is 109 Å². The molecule has 0 saturated carbocycles. The molecule has 0 atom stereocenters. The van der Waals surface area contributed by atoms with E-state index in [0.29, 0.717) is 5.56 Å². The highest BCUT2D eigenvalue weighted by molar-refractivity contribution is 5.97. The molecule has 1 aromatic rings. The molecule has 0 aromatic heterocycles. The third kappa shape index (κ3) is 3.99. The topological polar surface area (TPSA) is 46.2 Å². The summed E-state index contributed by atoms with van der Waals surface area (Å²) in [7, 11) is 0. The highest BCUT2D eigenvalue weighted by Crippen LogP contribution is 2.13. The third-order valence-electron chi connectivity index (χ3n) is 2.87. The number of rotatable bonds is 4. The first-order valence-electron chi connectivity index (χ1n) is 6.25. The second-order valence-electron chi connectivity index (χ2n) is 5.41. The lowest BCUT2D eigenvalue weighted by Crippen LogP contribution is -2.35. The van der Waals surface area contributed by atoms with Gasteiger partial charge in [0.2, 0.25) is 0 Å². The van der Waals surface area contributed by atoms with E-state index in [1.807, 2.05) is 32.9 Å². The maximum atomic E-state index is 11.8. The first kappa shape index (κ1) is 14.4. The number of nitrogens with one attached hydrogen (secondary N) is 1. The Hall–Kier alpha value is -1.64. The van der Waals surface area contributed by atoms with Crippen LogP contribution in [0.3, 0.4) is 0 Å². The number of hydrogen-bond donors (Lipinski definition) is 1. The van der Waals surface area contributed by atoms with E-state index in [4.69, 9.17) is 0 Å². The lowest BCUT2D eigenvalue weighted by atomic mass is 9.91. The van der Waals surface area contributed by atoms with Crippen LogP contribution in [0.2, 0.25) is 0 Å². The maximum absolute atomic E-state index is 11.8. The minimum absolute atomic E-state index is 0.0287. The fraction of sp³-hybridized carbons (Fsp3) is 0.467. The zero-order valence-corrected chi connectivity index (χ0v) is 11.5. The number of ketones is 1. The summed E-state index contributed by atoms with van der Waals surface area (Å²) in [6, 6.07) is 7.44. The minimum atomic E-state index is -0.417. The summed E-state index contributed by atoms with van der Waals surface area (Å²) in [5.41, 5.74) is 1.37. The van der Waals surface area contributed by atoms with Crippen LogP contribution in [-0.2, 0) is 11.2 Å². The fourth-order valence-electron chi connectivity index (χ4n) is 1.42. The molecule has 0 spiro atoms. The van der Waals surface area contributed by atoms with Gasteiger partial charge in [-0.05, 0) is 24.1 Å². The maximum Gasteiger partial charge on any atom is 0.251 e. The van der Waals surface area contributed by atoms with Crippen molar-refractivity contribution in [3.63, 3.8) is 0 Å². The second kappa shape index (κ2) is 5.80. The molecule has 0 aliphatic heterocycles. The summed E-state index contributed by atoms with van der Waals surface area (Å²) in [4.78, 5) is 23.5. The van der Waals surface area contributed by atoms with Crippen molar-refractivity contribution >= 4 is 11.7 Å². The Morgan fingerprint density at radius 3 is 2.11 bits per heavy atom. The molecule has 1 amide bonds. The van der Waals surface area contributed by atoms with Gasteiger partial charge in [-0.3, -0.25) is 9.59 Å². The predicted molar refractivity (Wildman–Crippen MR) is 72.6 cm³/mol. The summed E-state index contributed by atoms with van der Waals surface area (Å²) in [5.74, 6) is -0.170. The van der Waals surface area contributed by atoms with Crippen molar-refractivity contribution < 1.29 is 9.59 Å². The summed E-state index contributed by atoms with van der Waals surface area (Å²) in [6.45, 7) is 7.68. The highest BCUT2D eigenvalue weighted by atomic mass is 16.2. The van der Waals surface area contributed by atoms with E-state index >= 15 is 0 Å². The molecule has 3 heteroatoms. The molecule has 0 saturated heterocycles. The van der Waals surface area contributed by atoms with Crippen LogP contribution in [-0.4, -0.2) is 18.2 Å². The molecular weight excluding hydrogens is 226 g/mol. The molecule has 18 heavy (non-hydrogen) atoms. The smallest absolute Gasteiger partial charge is 0.251 e. The normalized spacial score (nSPS) is 11.1. The Kier molecular flexibility index (Phi) is 4.65. The van der Waals surface area contributed by atoms with E-state index in [1.165, 1.54) is 5.56 Å². The summed E-state index contributed by atoms with van der Waals surface area (Å²) >= 11 is 0. The quantitative estimate of drug-likeness (QED) is 0.889. The minimum Gasteiger partial charge on any atom is -0.345 e. The molecule has 0 aliphatic carbocycles. The molecule has 1 aromatic carbocycles. The number of Topliss-reactive ketones (excluding diaryl/α,β-unsaturated/α-hetero) is 1. The van der Waals surface area contributed by atoms with Crippen molar-refractivity contribution in [1.29, 1.82) is 0 Å². The summed E-state index contributed by atoms with van der Waals surface area (Å²) in [6.07, 6.45) is 0.949. The van der Waals surface area contributed by atoms with Gasteiger partial charge < -0.3 is 5.32 Å². The summed E-state index contributed by atoms with van der Waals surface area (Å²) < 4.78 is 0. The van der Waals surface area contributed by atoms with E-state index in [2.05, 4.69) is 12.2 Å². The Bertz CT molecular complexity index is 427. The van der Waals surface area contributed by atoms with Gasteiger partial charge in [0.15, 0.2) is 5.78 Å². The van der Waals surface area contributed by atoms with Crippen molar-refractivity contribution in [2.24, 2.45) is 5.41 Å². The first-order valence-corrected chi connectivity index (χ1v) is 6.25. The Morgan fingerprint density at radius 2 is 1.67 bits per heavy atom. The van der Waals surface area contributed by atoms with Gasteiger partial charge in [0.1, 0.15) is 0 Å². The average molecular weight is 247 g/mol. The molecule has 0 fully saturated rings. The number of hydrogen-bond acceptors (Lipinski definition) is 2. The molecule has 0 aliphatic rings. The van der Waals surface area contributed by atoms with Gasteiger partial charge in [-0.2, -0.15) is 0 Å².